The SMILES string of the molecule is COc1ccc(Cn2nc(OC)c3cc(Oc4cnc5nc(Nc6cc7n(n6)CCCC7(F)F)n(C)c5c4C#N)cnc32)cc1. The van der Waals surface area contributed by atoms with Gasteiger partial charge in [-0.25, -0.2) is 14.6 Å². The zero-order valence-electron chi connectivity index (χ0n) is 24.5. The molecule has 15 heteroatoms. The van der Waals surface area contributed by atoms with E-state index in [0.29, 0.717) is 47.7 Å². The van der Waals surface area contributed by atoms with Crippen LogP contribution in [0.15, 0.2) is 48.8 Å². The quantitative estimate of drug-likeness (QED) is 0.242. The van der Waals surface area contributed by atoms with Gasteiger partial charge in [-0.05, 0) is 30.2 Å². The molecule has 0 atom stereocenters. The number of pyridine rings is 2. The van der Waals surface area contributed by atoms with Gasteiger partial charge in [-0.2, -0.15) is 24.1 Å². The largest absolute Gasteiger partial charge is 0.497 e. The fraction of sp³-hybridized carbons (Fsp3) is 0.267. The molecular weight excluding hydrogens is 586 g/mol. The average Bonchev–Trinajstić information content (AvgIpc) is 3.71. The lowest BCUT2D eigenvalue weighted by Crippen LogP contribution is -2.25. The molecule has 7 rings (SSSR count). The molecule has 0 saturated carbocycles. The highest BCUT2D eigenvalue weighted by molar-refractivity contribution is 5.85. The predicted octanol–water partition coefficient (Wildman–Crippen LogP) is 5.27. The second kappa shape index (κ2) is 10.7. The number of halogens is 2. The topological polar surface area (TPSA) is 143 Å². The van der Waals surface area contributed by atoms with E-state index in [0.717, 1.165) is 11.3 Å². The fourth-order valence-corrected chi connectivity index (χ4v) is 5.45. The zero-order valence-corrected chi connectivity index (χ0v) is 24.5. The molecule has 0 radical (unpaired) electrons. The minimum Gasteiger partial charge on any atom is -0.497 e. The van der Waals surface area contributed by atoms with Crippen molar-refractivity contribution in [3.8, 4) is 29.2 Å². The molecule has 0 aliphatic carbocycles. The molecule has 1 aliphatic rings. The maximum atomic E-state index is 14.4. The molecule has 228 valence electrons. The van der Waals surface area contributed by atoms with Gasteiger partial charge in [0.25, 0.3) is 5.92 Å². The normalized spacial score (nSPS) is 13.9. The van der Waals surface area contributed by atoms with Gasteiger partial charge in [0.1, 0.15) is 34.3 Å². The molecule has 0 amide bonds. The third-order valence-corrected chi connectivity index (χ3v) is 7.67. The summed E-state index contributed by atoms with van der Waals surface area (Å²) >= 11 is 0. The van der Waals surface area contributed by atoms with Crippen molar-refractivity contribution < 1.29 is 23.0 Å². The number of ether oxygens (including phenoxy) is 3. The Morgan fingerprint density at radius 2 is 1.87 bits per heavy atom. The number of aryl methyl sites for hydroxylation is 2. The number of hydrogen-bond donors (Lipinski definition) is 1. The maximum absolute atomic E-state index is 14.4. The minimum absolute atomic E-state index is 0.143. The summed E-state index contributed by atoms with van der Waals surface area (Å²) in [4.78, 5) is 13.4. The van der Waals surface area contributed by atoms with Gasteiger partial charge in [0.05, 0.1) is 38.5 Å². The third-order valence-electron chi connectivity index (χ3n) is 7.67. The second-order valence-electron chi connectivity index (χ2n) is 10.5. The van der Waals surface area contributed by atoms with E-state index in [4.69, 9.17) is 14.2 Å². The molecule has 0 fully saturated rings. The van der Waals surface area contributed by atoms with Crippen molar-refractivity contribution in [1.82, 2.24) is 39.1 Å². The van der Waals surface area contributed by atoms with Gasteiger partial charge in [-0.3, -0.25) is 4.68 Å². The molecule has 45 heavy (non-hydrogen) atoms. The van der Waals surface area contributed by atoms with Crippen molar-refractivity contribution >= 4 is 34.0 Å². The number of methoxy groups -OCH3 is 2. The van der Waals surface area contributed by atoms with Crippen LogP contribution in [0, 0.1) is 11.3 Å². The Morgan fingerprint density at radius 1 is 1.04 bits per heavy atom. The van der Waals surface area contributed by atoms with Crippen molar-refractivity contribution in [2.45, 2.75) is 31.9 Å². The van der Waals surface area contributed by atoms with Crippen LogP contribution in [0.2, 0.25) is 0 Å². The first-order valence-corrected chi connectivity index (χ1v) is 14.0. The van der Waals surface area contributed by atoms with Gasteiger partial charge >= 0.3 is 0 Å². The van der Waals surface area contributed by atoms with E-state index in [9.17, 15) is 14.0 Å². The molecule has 6 heterocycles. The van der Waals surface area contributed by atoms with Crippen LogP contribution in [0.4, 0.5) is 20.5 Å². The number of imidazole rings is 1. The van der Waals surface area contributed by atoms with Gasteiger partial charge in [0.15, 0.2) is 22.9 Å². The monoisotopic (exact) mass is 612 g/mol. The summed E-state index contributed by atoms with van der Waals surface area (Å²) in [6.45, 7) is 0.864. The lowest BCUT2D eigenvalue weighted by Gasteiger charge is -2.22. The highest BCUT2D eigenvalue weighted by Crippen LogP contribution is 2.39. The third kappa shape index (κ3) is 4.89. The fourth-order valence-electron chi connectivity index (χ4n) is 5.45. The number of anilines is 2. The van der Waals surface area contributed by atoms with Crippen LogP contribution in [0.3, 0.4) is 0 Å². The van der Waals surface area contributed by atoms with Gasteiger partial charge in [0.2, 0.25) is 11.8 Å². The summed E-state index contributed by atoms with van der Waals surface area (Å²) in [5.41, 5.74) is 2.29. The Balaban J connectivity index is 1.18. The second-order valence-corrected chi connectivity index (χ2v) is 10.5. The summed E-state index contributed by atoms with van der Waals surface area (Å²) < 4.78 is 50.3. The molecule has 5 aromatic heterocycles. The smallest absolute Gasteiger partial charge is 0.289 e. The van der Waals surface area contributed by atoms with Crippen LogP contribution < -0.4 is 19.5 Å². The summed E-state index contributed by atoms with van der Waals surface area (Å²) in [6.07, 6.45) is 3.06. The van der Waals surface area contributed by atoms with E-state index >= 15 is 0 Å². The lowest BCUT2D eigenvalue weighted by atomic mass is 10.1. The summed E-state index contributed by atoms with van der Waals surface area (Å²) in [5, 5.41) is 22.6. The van der Waals surface area contributed by atoms with Crippen molar-refractivity contribution in [2.24, 2.45) is 7.05 Å². The molecule has 1 N–H and O–H groups in total. The first kappa shape index (κ1) is 28.0. The van der Waals surface area contributed by atoms with Crippen LogP contribution in [0.1, 0.15) is 29.7 Å². The van der Waals surface area contributed by atoms with E-state index < -0.39 is 5.92 Å². The molecule has 1 aromatic carbocycles. The van der Waals surface area contributed by atoms with Gasteiger partial charge in [0, 0.05) is 26.1 Å². The Bertz CT molecular complexity index is 2110. The van der Waals surface area contributed by atoms with Gasteiger partial charge in [-0.1, -0.05) is 12.1 Å². The first-order valence-electron chi connectivity index (χ1n) is 14.0. The molecule has 6 aromatic rings. The maximum Gasteiger partial charge on any atom is 0.289 e. The Morgan fingerprint density at radius 3 is 2.60 bits per heavy atom. The molecule has 1 aliphatic heterocycles. The average molecular weight is 613 g/mol. The van der Waals surface area contributed by atoms with E-state index in [-0.39, 0.29) is 40.8 Å². The number of nitrogens with zero attached hydrogens (tertiary/aromatic N) is 9. The number of alkyl halides is 2. The summed E-state index contributed by atoms with van der Waals surface area (Å²) in [7, 11) is 4.83. The van der Waals surface area contributed by atoms with Crippen molar-refractivity contribution in [3.05, 3.63) is 65.6 Å². The van der Waals surface area contributed by atoms with Crippen LogP contribution in [-0.4, -0.2) is 53.3 Å². The number of fused-ring (bicyclic) bond motifs is 3. The highest BCUT2D eigenvalue weighted by atomic mass is 19.3. The van der Waals surface area contributed by atoms with Crippen LogP contribution >= 0.6 is 0 Å². The van der Waals surface area contributed by atoms with E-state index in [1.165, 1.54) is 30.3 Å². The van der Waals surface area contributed by atoms with Crippen LogP contribution in [-0.2, 0) is 26.1 Å². The molecule has 13 nitrogen and oxygen atoms in total. The minimum atomic E-state index is -2.95. The molecular formula is C30H26F2N10O3. The molecule has 0 bridgehead atoms. The Kier molecular flexibility index (Phi) is 6.69. The Hall–Kier alpha value is -5.78. The first-order chi connectivity index (χ1) is 21.8. The number of nitrogens with one attached hydrogen (secondary N) is 1. The summed E-state index contributed by atoms with van der Waals surface area (Å²) in [6, 6.07) is 12.9. The molecule has 0 unspecified atom stereocenters. The van der Waals surface area contributed by atoms with Crippen molar-refractivity contribution in [3.63, 3.8) is 0 Å². The van der Waals surface area contributed by atoms with E-state index in [2.05, 4.69) is 36.5 Å². The lowest BCUT2D eigenvalue weighted by molar-refractivity contribution is -0.0364. The van der Waals surface area contributed by atoms with Gasteiger partial charge in [-0.15, -0.1) is 5.10 Å². The Labute approximate surface area is 254 Å². The van der Waals surface area contributed by atoms with Crippen molar-refractivity contribution in [2.75, 3.05) is 19.5 Å². The zero-order chi connectivity index (χ0) is 31.3. The number of nitriles is 1. The summed E-state index contributed by atoms with van der Waals surface area (Å²) in [5.74, 6) is -0.797. The number of benzene rings is 1. The van der Waals surface area contributed by atoms with E-state index in [1.54, 1.807) is 29.5 Å². The van der Waals surface area contributed by atoms with E-state index in [1.807, 2.05) is 24.3 Å². The molecule has 0 spiro atoms. The molecule has 0 saturated heterocycles. The highest BCUT2D eigenvalue weighted by Gasteiger charge is 2.38. The van der Waals surface area contributed by atoms with Crippen LogP contribution in [0.5, 0.6) is 23.1 Å². The predicted molar refractivity (Wildman–Crippen MR) is 158 cm³/mol. The number of rotatable bonds is 8. The van der Waals surface area contributed by atoms with Gasteiger partial charge < -0.3 is 24.1 Å². The standard InChI is InChI=1S/C30H26F2N10O3/c1-40-25-21(13-33)22(15-34-26(25)37-29(40)36-24-12-23-30(31,32)9-4-10-41(23)38-24)45-19-11-20-27(35-14-19)42(39-28(20)44-3)16-17-5-7-18(43-2)8-6-17/h5-8,11-12,14-15H,4,9-10,16H2,1-3H3,(H,34,36,37,38). The van der Waals surface area contributed by atoms with Crippen LogP contribution in [0.25, 0.3) is 22.2 Å². The number of aromatic nitrogens is 8. The number of hydrogen-bond acceptors (Lipinski definition) is 10. The van der Waals surface area contributed by atoms with Crippen molar-refractivity contribution in [1.29, 1.82) is 5.26 Å².